The highest BCUT2D eigenvalue weighted by molar-refractivity contribution is 5.62. The number of rotatable bonds is 2. The summed E-state index contributed by atoms with van der Waals surface area (Å²) < 4.78 is 25.4. The van der Waals surface area contributed by atoms with E-state index in [0.717, 1.165) is 19.1 Å². The molecule has 0 amide bonds. The zero-order chi connectivity index (χ0) is 12.7. The first-order valence-electron chi connectivity index (χ1n) is 4.42. The molecule has 4 N–H and O–H groups in total. The third-order valence-electron chi connectivity index (χ3n) is 1.54. The normalized spacial score (nSPS) is 9.25. The van der Waals surface area contributed by atoms with Crippen molar-refractivity contribution in [2.75, 3.05) is 12.3 Å². The molecule has 1 aromatic carbocycles. The van der Waals surface area contributed by atoms with Crippen LogP contribution in [0.4, 0.5) is 14.5 Å². The zero-order valence-electron chi connectivity index (χ0n) is 8.70. The van der Waals surface area contributed by atoms with Crippen molar-refractivity contribution in [3.63, 3.8) is 0 Å². The first kappa shape index (κ1) is 14.3. The fourth-order valence-electron chi connectivity index (χ4n) is 0.910. The molecule has 0 aliphatic heterocycles. The van der Waals surface area contributed by atoms with Crippen molar-refractivity contribution in [2.24, 2.45) is 0 Å². The van der Waals surface area contributed by atoms with Crippen LogP contribution in [0.5, 0.6) is 0 Å². The molecule has 4 nitrogen and oxygen atoms in total. The lowest BCUT2D eigenvalue weighted by molar-refractivity contribution is -0.134. The lowest BCUT2D eigenvalue weighted by Crippen LogP contribution is -1.99. The monoisotopic (exact) mass is 233 g/mol. The van der Waals surface area contributed by atoms with Crippen LogP contribution in [-0.4, -0.2) is 22.8 Å². The molecule has 0 aromatic heterocycles. The maximum atomic E-state index is 12.7. The number of carboxylic acid groups (broad SMARTS) is 1. The van der Waals surface area contributed by atoms with Gasteiger partial charge in [0.1, 0.15) is 17.3 Å². The third-order valence-corrected chi connectivity index (χ3v) is 1.54. The van der Waals surface area contributed by atoms with E-state index in [0.29, 0.717) is 5.56 Å². The van der Waals surface area contributed by atoms with Gasteiger partial charge >= 0.3 is 0 Å². The summed E-state index contributed by atoms with van der Waals surface area (Å²) in [7, 11) is 0. The molecular formula is C10H13F2NO3. The van der Waals surface area contributed by atoms with Gasteiger partial charge in [0.05, 0.1) is 0 Å². The number of nitrogens with two attached hydrogens (primary N) is 1. The number of hydrogen-bond acceptors (Lipinski definition) is 3. The van der Waals surface area contributed by atoms with Crippen LogP contribution in [0, 0.1) is 11.6 Å². The quantitative estimate of drug-likeness (QED) is 0.669. The molecule has 0 fully saturated rings. The van der Waals surface area contributed by atoms with E-state index in [1.54, 1.807) is 0 Å². The lowest BCUT2D eigenvalue weighted by atomic mass is 10.1. The second-order valence-corrected chi connectivity index (χ2v) is 2.97. The van der Waals surface area contributed by atoms with Crippen molar-refractivity contribution in [2.45, 2.75) is 13.3 Å². The zero-order valence-corrected chi connectivity index (χ0v) is 8.70. The van der Waals surface area contributed by atoms with Crippen molar-refractivity contribution >= 4 is 11.7 Å². The lowest BCUT2D eigenvalue weighted by Gasteiger charge is -2.02. The highest BCUT2D eigenvalue weighted by Gasteiger charge is 2.06. The highest BCUT2D eigenvalue weighted by atomic mass is 19.1. The Labute approximate surface area is 91.3 Å². The van der Waals surface area contributed by atoms with E-state index < -0.39 is 23.3 Å². The molecule has 0 saturated heterocycles. The van der Waals surface area contributed by atoms with E-state index in [1.165, 1.54) is 0 Å². The van der Waals surface area contributed by atoms with Gasteiger partial charge in [0.25, 0.3) is 5.97 Å². The van der Waals surface area contributed by atoms with Crippen molar-refractivity contribution in [3.05, 3.63) is 29.3 Å². The van der Waals surface area contributed by atoms with Crippen molar-refractivity contribution in [3.8, 4) is 0 Å². The Balaban J connectivity index is 0.000000487. The summed E-state index contributed by atoms with van der Waals surface area (Å²) in [4.78, 5) is 9.00. The molecule has 16 heavy (non-hydrogen) atoms. The van der Waals surface area contributed by atoms with Crippen LogP contribution in [0.15, 0.2) is 12.1 Å². The van der Waals surface area contributed by atoms with E-state index in [2.05, 4.69) is 0 Å². The molecule has 0 heterocycles. The molecule has 6 heteroatoms. The molecule has 0 aliphatic rings. The largest absolute Gasteiger partial charge is 0.481 e. The number of aliphatic carboxylic acids is 1. The fourth-order valence-corrected chi connectivity index (χ4v) is 0.910. The van der Waals surface area contributed by atoms with Gasteiger partial charge in [0.2, 0.25) is 0 Å². The van der Waals surface area contributed by atoms with E-state index in [-0.39, 0.29) is 13.0 Å². The summed E-state index contributed by atoms with van der Waals surface area (Å²) in [6.07, 6.45) is 0.230. The molecule has 1 rings (SSSR count). The first-order valence-corrected chi connectivity index (χ1v) is 4.42. The Morgan fingerprint density at radius 3 is 2.06 bits per heavy atom. The summed E-state index contributed by atoms with van der Waals surface area (Å²) >= 11 is 0. The van der Waals surface area contributed by atoms with Gasteiger partial charge in [-0.2, -0.15) is 0 Å². The average Bonchev–Trinajstić information content (AvgIpc) is 2.13. The second kappa shape index (κ2) is 6.73. The van der Waals surface area contributed by atoms with Gasteiger partial charge in [-0.1, -0.05) is 0 Å². The minimum Gasteiger partial charge on any atom is -0.481 e. The molecule has 0 unspecified atom stereocenters. The van der Waals surface area contributed by atoms with Crippen LogP contribution in [-0.2, 0) is 11.2 Å². The van der Waals surface area contributed by atoms with Gasteiger partial charge in [0.15, 0.2) is 0 Å². The van der Waals surface area contributed by atoms with Crippen molar-refractivity contribution in [1.29, 1.82) is 0 Å². The number of carboxylic acids is 1. The molecule has 0 radical (unpaired) electrons. The van der Waals surface area contributed by atoms with Gasteiger partial charge in [-0.25, -0.2) is 8.78 Å². The molecular weight excluding hydrogens is 220 g/mol. The predicted octanol–water partition coefficient (Wildman–Crippen LogP) is 1.17. The predicted molar refractivity (Wildman–Crippen MR) is 54.9 cm³/mol. The molecule has 0 bridgehead atoms. The van der Waals surface area contributed by atoms with E-state index in [1.807, 2.05) is 0 Å². The SMILES string of the molecule is CC(=O)O.Nc1c(F)cc(CCO)cc1F. The number of carbonyl (C=O) groups is 1. The van der Waals surface area contributed by atoms with Crippen molar-refractivity contribution in [1.82, 2.24) is 0 Å². The summed E-state index contributed by atoms with van der Waals surface area (Å²) in [5.74, 6) is -2.39. The number of aliphatic hydroxyl groups is 1. The molecule has 1 aromatic rings. The van der Waals surface area contributed by atoms with E-state index in [9.17, 15) is 8.78 Å². The minimum atomic E-state index is -0.833. The third kappa shape index (κ3) is 5.26. The Morgan fingerprint density at radius 2 is 1.75 bits per heavy atom. The van der Waals surface area contributed by atoms with E-state index in [4.69, 9.17) is 20.7 Å². The number of aliphatic hydroxyl groups excluding tert-OH is 1. The molecule has 0 atom stereocenters. The Kier molecular flexibility index (Phi) is 6.02. The van der Waals surface area contributed by atoms with Gasteiger partial charge in [0, 0.05) is 13.5 Å². The maximum absolute atomic E-state index is 12.7. The Bertz CT molecular complexity index is 342. The summed E-state index contributed by atoms with van der Waals surface area (Å²) in [5, 5.41) is 15.9. The fraction of sp³-hybridized carbons (Fsp3) is 0.300. The number of hydrogen-bond donors (Lipinski definition) is 3. The standard InChI is InChI=1S/C8H9F2NO.C2H4O2/c9-6-3-5(1-2-12)4-7(10)8(6)11;1-2(3)4/h3-4,12H,1-2,11H2;1H3,(H,3,4). The van der Waals surface area contributed by atoms with Gasteiger partial charge in [-0.3, -0.25) is 4.79 Å². The number of nitrogen functional groups attached to an aromatic ring is 1. The second-order valence-electron chi connectivity index (χ2n) is 2.97. The van der Waals surface area contributed by atoms with Gasteiger partial charge in [-0.15, -0.1) is 0 Å². The summed E-state index contributed by atoms with van der Waals surface area (Å²) in [5.41, 5.74) is 4.96. The molecule has 0 spiro atoms. The van der Waals surface area contributed by atoms with Crippen molar-refractivity contribution < 1.29 is 23.8 Å². The average molecular weight is 233 g/mol. The van der Waals surface area contributed by atoms with Crippen LogP contribution < -0.4 is 5.73 Å². The van der Waals surface area contributed by atoms with Gasteiger partial charge < -0.3 is 15.9 Å². The van der Waals surface area contributed by atoms with E-state index >= 15 is 0 Å². The minimum absolute atomic E-state index is 0.136. The van der Waals surface area contributed by atoms with Crippen LogP contribution in [0.2, 0.25) is 0 Å². The van der Waals surface area contributed by atoms with Crippen LogP contribution in [0.25, 0.3) is 0 Å². The molecule has 90 valence electrons. The summed E-state index contributed by atoms with van der Waals surface area (Å²) in [6.45, 7) is 0.947. The molecule has 0 saturated carbocycles. The number of halogens is 2. The summed E-state index contributed by atoms with van der Waals surface area (Å²) in [6, 6.07) is 2.24. The molecule has 0 aliphatic carbocycles. The van der Waals surface area contributed by atoms with Crippen LogP contribution >= 0.6 is 0 Å². The number of benzene rings is 1. The number of anilines is 1. The van der Waals surface area contributed by atoms with Crippen LogP contribution in [0.1, 0.15) is 12.5 Å². The topological polar surface area (TPSA) is 83.5 Å². The maximum Gasteiger partial charge on any atom is 0.300 e. The first-order chi connectivity index (χ1) is 7.38. The van der Waals surface area contributed by atoms with Crippen LogP contribution in [0.3, 0.4) is 0 Å². The Morgan fingerprint density at radius 1 is 1.38 bits per heavy atom. The Hall–Kier alpha value is -1.69. The highest BCUT2D eigenvalue weighted by Crippen LogP contribution is 2.17. The smallest absolute Gasteiger partial charge is 0.300 e. The van der Waals surface area contributed by atoms with Gasteiger partial charge in [-0.05, 0) is 24.1 Å².